The van der Waals surface area contributed by atoms with Gasteiger partial charge in [0.05, 0.1) is 13.2 Å². The summed E-state index contributed by atoms with van der Waals surface area (Å²) in [5.74, 6) is 1.14. The van der Waals surface area contributed by atoms with Crippen LogP contribution in [0.5, 0.6) is 5.75 Å². The second-order valence-corrected chi connectivity index (χ2v) is 8.61. The third-order valence-electron chi connectivity index (χ3n) is 6.13. The standard InChI is InChI=1S/C27H31N5O3/c1-18-7-5-6-8-21(17-18)25(34)27-29-24(19(2)32-13-15-35-16-14-32)26(30-27)28-20(3)31(4)22-9-11-23(33)12-10-22/h5-7,9-12,17,33H,3,8,13-16H2,1-2,4H3,(H,28,29,30)/b24-19-. The van der Waals surface area contributed by atoms with Gasteiger partial charge in [0.25, 0.3) is 0 Å². The number of aliphatic imine (C=N–C) groups is 2. The summed E-state index contributed by atoms with van der Waals surface area (Å²) in [5, 5.41) is 12.8. The molecule has 0 unspecified atom stereocenters. The molecule has 2 heterocycles. The van der Waals surface area contributed by atoms with Gasteiger partial charge in [-0.05, 0) is 44.5 Å². The van der Waals surface area contributed by atoms with Crippen LogP contribution in [0.3, 0.4) is 0 Å². The van der Waals surface area contributed by atoms with Crippen LogP contribution in [0, 0.1) is 0 Å². The molecule has 182 valence electrons. The van der Waals surface area contributed by atoms with Crippen LogP contribution in [0.15, 0.2) is 93.5 Å². The molecule has 0 atom stereocenters. The summed E-state index contributed by atoms with van der Waals surface area (Å²) >= 11 is 0. The van der Waals surface area contributed by atoms with Gasteiger partial charge in [0.1, 0.15) is 17.3 Å². The number of ether oxygens (including phenoxy) is 1. The van der Waals surface area contributed by atoms with Crippen LogP contribution in [0.2, 0.25) is 0 Å². The minimum atomic E-state index is -0.153. The van der Waals surface area contributed by atoms with E-state index < -0.39 is 0 Å². The average Bonchev–Trinajstić information content (AvgIpc) is 3.16. The molecule has 0 aromatic heterocycles. The molecule has 2 aliphatic heterocycles. The number of phenolic OH excluding ortho intramolecular Hbond substituents is 1. The number of morpholine rings is 1. The SMILES string of the molecule is C=C(/N=C1/N=C(C(=O)C2=CC(C)=CC=CC2)N/C1=C(/C)N1CCOCC1)N(C)c1ccc(O)cc1. The first-order valence-electron chi connectivity index (χ1n) is 11.6. The molecule has 0 amide bonds. The third kappa shape index (κ3) is 5.60. The number of aromatic hydroxyl groups is 1. The average molecular weight is 474 g/mol. The van der Waals surface area contributed by atoms with E-state index in [1.54, 1.807) is 29.2 Å². The van der Waals surface area contributed by atoms with E-state index in [0.29, 0.717) is 42.6 Å². The molecular formula is C27H31N5O3. The molecule has 1 fully saturated rings. The quantitative estimate of drug-likeness (QED) is 0.655. The molecule has 1 saturated heterocycles. The van der Waals surface area contributed by atoms with E-state index in [9.17, 15) is 9.90 Å². The Bertz CT molecular complexity index is 1200. The van der Waals surface area contributed by atoms with E-state index in [-0.39, 0.29) is 17.4 Å². The number of carbonyl (C=O) groups is 1. The Labute approximate surface area is 206 Å². The van der Waals surface area contributed by atoms with Gasteiger partial charge >= 0.3 is 0 Å². The van der Waals surface area contributed by atoms with Crippen LogP contribution in [0.1, 0.15) is 20.3 Å². The lowest BCUT2D eigenvalue weighted by Crippen LogP contribution is -2.37. The topological polar surface area (TPSA) is 89.8 Å². The van der Waals surface area contributed by atoms with Gasteiger partial charge in [-0.3, -0.25) is 4.79 Å². The van der Waals surface area contributed by atoms with Crippen molar-refractivity contribution in [1.29, 1.82) is 0 Å². The fraction of sp³-hybridized carbons (Fsp3) is 0.296. The number of benzene rings is 1. The first-order valence-corrected chi connectivity index (χ1v) is 11.6. The highest BCUT2D eigenvalue weighted by Gasteiger charge is 2.29. The van der Waals surface area contributed by atoms with Crippen LogP contribution in [0.25, 0.3) is 0 Å². The molecule has 2 N–H and O–H groups in total. The van der Waals surface area contributed by atoms with Gasteiger partial charge in [0.2, 0.25) is 5.78 Å². The van der Waals surface area contributed by atoms with Gasteiger partial charge in [0.15, 0.2) is 11.7 Å². The van der Waals surface area contributed by atoms with Gasteiger partial charge < -0.3 is 25.0 Å². The zero-order chi connectivity index (χ0) is 24.9. The summed E-state index contributed by atoms with van der Waals surface area (Å²) in [7, 11) is 1.84. The van der Waals surface area contributed by atoms with Crippen molar-refractivity contribution >= 4 is 23.1 Å². The van der Waals surface area contributed by atoms with Gasteiger partial charge in [-0.1, -0.05) is 36.5 Å². The number of ketones is 1. The molecule has 8 nitrogen and oxygen atoms in total. The number of allylic oxidation sites excluding steroid dienone is 6. The molecule has 35 heavy (non-hydrogen) atoms. The van der Waals surface area contributed by atoms with Crippen LogP contribution in [0.4, 0.5) is 5.69 Å². The second-order valence-electron chi connectivity index (χ2n) is 8.61. The molecular weight excluding hydrogens is 442 g/mol. The van der Waals surface area contributed by atoms with Crippen molar-refractivity contribution in [2.24, 2.45) is 9.98 Å². The summed E-state index contributed by atoms with van der Waals surface area (Å²) in [6.07, 6.45) is 8.35. The minimum Gasteiger partial charge on any atom is -0.508 e. The predicted octanol–water partition coefficient (Wildman–Crippen LogP) is 3.67. The lowest BCUT2D eigenvalue weighted by Gasteiger charge is -2.30. The summed E-state index contributed by atoms with van der Waals surface area (Å²) in [6, 6.07) is 6.78. The number of amidine groups is 2. The van der Waals surface area contributed by atoms with Crippen molar-refractivity contribution in [3.8, 4) is 5.75 Å². The van der Waals surface area contributed by atoms with Gasteiger partial charge in [-0.2, -0.15) is 0 Å². The number of hydrogen-bond acceptors (Lipinski definition) is 7. The Morgan fingerprint density at radius 1 is 1.26 bits per heavy atom. The van der Waals surface area contributed by atoms with Gasteiger partial charge in [-0.25, -0.2) is 9.98 Å². The van der Waals surface area contributed by atoms with Crippen molar-refractivity contribution in [3.63, 3.8) is 0 Å². The monoisotopic (exact) mass is 473 g/mol. The molecule has 8 heteroatoms. The third-order valence-corrected chi connectivity index (χ3v) is 6.13. The fourth-order valence-electron chi connectivity index (χ4n) is 3.99. The number of rotatable bonds is 6. The van der Waals surface area contributed by atoms with Crippen molar-refractivity contribution in [3.05, 3.63) is 83.5 Å². The molecule has 0 spiro atoms. The molecule has 3 aliphatic rings. The van der Waals surface area contributed by atoms with Gasteiger partial charge in [-0.15, -0.1) is 0 Å². The number of carbonyl (C=O) groups excluding carboxylic acids is 1. The van der Waals surface area contributed by atoms with Crippen molar-refractivity contribution in [1.82, 2.24) is 10.2 Å². The lowest BCUT2D eigenvalue weighted by molar-refractivity contribution is -0.110. The van der Waals surface area contributed by atoms with E-state index in [0.717, 1.165) is 30.0 Å². The zero-order valence-electron chi connectivity index (χ0n) is 20.4. The molecule has 1 aromatic rings. The molecule has 1 aliphatic carbocycles. The minimum absolute atomic E-state index is 0.153. The predicted molar refractivity (Wildman–Crippen MR) is 139 cm³/mol. The highest BCUT2D eigenvalue weighted by atomic mass is 16.5. The smallest absolute Gasteiger partial charge is 0.224 e. The summed E-state index contributed by atoms with van der Waals surface area (Å²) in [4.78, 5) is 26.7. The van der Waals surface area contributed by atoms with Crippen LogP contribution >= 0.6 is 0 Å². The fourth-order valence-corrected chi connectivity index (χ4v) is 3.99. The van der Waals surface area contributed by atoms with Crippen molar-refractivity contribution in [2.45, 2.75) is 20.3 Å². The number of Topliss-reactive ketones (excluding diaryl/α,β-unsaturated/α-hetero) is 1. The molecule has 0 saturated carbocycles. The van der Waals surface area contributed by atoms with Crippen LogP contribution in [-0.2, 0) is 9.53 Å². The maximum absolute atomic E-state index is 13.4. The van der Waals surface area contributed by atoms with E-state index in [2.05, 4.69) is 21.8 Å². The maximum atomic E-state index is 13.4. The maximum Gasteiger partial charge on any atom is 0.224 e. The Kier molecular flexibility index (Phi) is 7.31. The normalized spacial score (nSPS) is 20.5. The van der Waals surface area contributed by atoms with Crippen LogP contribution < -0.4 is 10.2 Å². The second kappa shape index (κ2) is 10.6. The number of anilines is 1. The molecule has 1 aromatic carbocycles. The Morgan fingerprint density at radius 3 is 2.69 bits per heavy atom. The number of nitrogens with one attached hydrogen (secondary N) is 1. The molecule has 0 bridgehead atoms. The first-order chi connectivity index (χ1) is 16.8. The number of phenols is 1. The Balaban J connectivity index is 1.68. The number of nitrogens with zero attached hydrogens (tertiary/aromatic N) is 4. The summed E-state index contributed by atoms with van der Waals surface area (Å²) < 4.78 is 5.50. The van der Waals surface area contributed by atoms with E-state index in [4.69, 9.17) is 9.73 Å². The van der Waals surface area contributed by atoms with Crippen LogP contribution in [-0.4, -0.2) is 60.8 Å². The first kappa shape index (κ1) is 24.2. The van der Waals surface area contributed by atoms with Gasteiger partial charge in [0, 0.05) is 37.1 Å². The van der Waals surface area contributed by atoms with E-state index in [1.165, 1.54) is 0 Å². The van der Waals surface area contributed by atoms with E-state index >= 15 is 0 Å². The largest absolute Gasteiger partial charge is 0.508 e. The highest BCUT2D eigenvalue weighted by molar-refractivity contribution is 6.49. The Morgan fingerprint density at radius 2 is 1.97 bits per heavy atom. The highest BCUT2D eigenvalue weighted by Crippen LogP contribution is 2.23. The molecule has 0 radical (unpaired) electrons. The lowest BCUT2D eigenvalue weighted by atomic mass is 10.1. The Hall–Kier alpha value is -3.91. The number of hydrogen-bond donors (Lipinski definition) is 2. The zero-order valence-corrected chi connectivity index (χ0v) is 20.4. The van der Waals surface area contributed by atoms with Crippen molar-refractivity contribution in [2.75, 3.05) is 38.3 Å². The molecule has 4 rings (SSSR count). The van der Waals surface area contributed by atoms with E-state index in [1.807, 2.05) is 45.2 Å². The van der Waals surface area contributed by atoms with Crippen molar-refractivity contribution < 1.29 is 14.6 Å². The summed E-state index contributed by atoms with van der Waals surface area (Å²) in [6.45, 7) is 10.9. The summed E-state index contributed by atoms with van der Waals surface area (Å²) in [5.41, 5.74) is 4.13.